The van der Waals surface area contributed by atoms with Crippen LogP contribution in [0.1, 0.15) is 28.3 Å². The number of nitrogens with zero attached hydrogens (tertiary/aromatic N) is 1. The highest BCUT2D eigenvalue weighted by molar-refractivity contribution is 6.02. The lowest BCUT2D eigenvalue weighted by Crippen LogP contribution is -2.44. The van der Waals surface area contributed by atoms with Crippen LogP contribution in [-0.4, -0.2) is 18.5 Å². The minimum atomic E-state index is -0.775. The normalized spacial score (nSPS) is 13.5. The number of hydrogen-bond acceptors (Lipinski definition) is 2. The van der Waals surface area contributed by atoms with Crippen molar-refractivity contribution in [2.45, 2.75) is 26.3 Å². The number of anilines is 2. The molecule has 30 heavy (non-hydrogen) atoms. The zero-order valence-electron chi connectivity index (χ0n) is 17.2. The van der Waals surface area contributed by atoms with Gasteiger partial charge in [-0.15, -0.1) is 0 Å². The maximum atomic E-state index is 13.5. The Morgan fingerprint density at radius 3 is 2.43 bits per heavy atom. The highest BCUT2D eigenvalue weighted by Gasteiger charge is 2.32. The topological polar surface area (TPSA) is 61.4 Å². The zero-order valence-corrected chi connectivity index (χ0v) is 17.2. The Bertz CT molecular complexity index is 1080. The van der Waals surface area contributed by atoms with Gasteiger partial charge in [0.25, 0.3) is 5.91 Å². The molecule has 0 saturated heterocycles. The van der Waals surface area contributed by atoms with Crippen LogP contribution >= 0.6 is 0 Å². The number of benzene rings is 3. The van der Waals surface area contributed by atoms with E-state index in [0.717, 1.165) is 40.0 Å². The van der Waals surface area contributed by atoms with Gasteiger partial charge in [0.05, 0.1) is 0 Å². The molecular weight excluding hydrogens is 374 g/mol. The monoisotopic (exact) mass is 399 g/mol. The third-order valence-electron chi connectivity index (χ3n) is 5.66. The van der Waals surface area contributed by atoms with Crippen LogP contribution < -0.4 is 15.5 Å². The third kappa shape index (κ3) is 3.92. The molecule has 0 unspecified atom stereocenters. The lowest BCUT2D eigenvalue weighted by atomic mass is 10.1. The van der Waals surface area contributed by atoms with Gasteiger partial charge in [-0.05, 0) is 54.7 Å². The average molecular weight is 399 g/mol. The number of aryl methyl sites for hydroxylation is 1. The van der Waals surface area contributed by atoms with Gasteiger partial charge in [0, 0.05) is 17.9 Å². The Balaban J connectivity index is 1.59. The molecule has 0 bridgehead atoms. The fourth-order valence-electron chi connectivity index (χ4n) is 3.83. The second-order valence-corrected chi connectivity index (χ2v) is 7.56. The molecule has 0 radical (unpaired) electrons. The molecular formula is C25H25N3O2. The number of rotatable bonds is 4. The first-order valence-electron chi connectivity index (χ1n) is 10.1. The second-order valence-electron chi connectivity index (χ2n) is 7.56. The van der Waals surface area contributed by atoms with Gasteiger partial charge in [0.1, 0.15) is 6.04 Å². The SMILES string of the molecule is Cc1cccc(NC(=O)N[C@@H](C(=O)N2CCc3ccccc32)c2ccccc2)c1C. The summed E-state index contributed by atoms with van der Waals surface area (Å²) >= 11 is 0. The van der Waals surface area contributed by atoms with Crippen molar-refractivity contribution in [3.8, 4) is 0 Å². The third-order valence-corrected chi connectivity index (χ3v) is 5.66. The molecule has 4 rings (SSSR count). The summed E-state index contributed by atoms with van der Waals surface area (Å²) < 4.78 is 0. The molecule has 3 aromatic rings. The Labute approximate surface area is 176 Å². The average Bonchev–Trinajstić information content (AvgIpc) is 3.20. The van der Waals surface area contributed by atoms with Gasteiger partial charge in [-0.25, -0.2) is 4.79 Å². The highest BCUT2D eigenvalue weighted by Crippen LogP contribution is 2.30. The zero-order chi connectivity index (χ0) is 21.1. The maximum absolute atomic E-state index is 13.5. The number of carbonyl (C=O) groups is 2. The smallest absolute Gasteiger partial charge is 0.320 e. The lowest BCUT2D eigenvalue weighted by molar-refractivity contribution is -0.120. The van der Waals surface area contributed by atoms with Crippen LogP contribution in [-0.2, 0) is 11.2 Å². The van der Waals surface area contributed by atoms with Gasteiger partial charge < -0.3 is 15.5 Å². The van der Waals surface area contributed by atoms with E-state index in [-0.39, 0.29) is 5.91 Å². The van der Waals surface area contributed by atoms with Crippen LogP contribution in [0.25, 0.3) is 0 Å². The summed E-state index contributed by atoms with van der Waals surface area (Å²) in [5.74, 6) is -0.137. The molecule has 3 aromatic carbocycles. The lowest BCUT2D eigenvalue weighted by Gasteiger charge is -2.25. The van der Waals surface area contributed by atoms with Crippen molar-refractivity contribution in [1.29, 1.82) is 0 Å². The molecule has 0 aromatic heterocycles. The first-order valence-corrected chi connectivity index (χ1v) is 10.1. The minimum absolute atomic E-state index is 0.137. The van der Waals surface area contributed by atoms with E-state index < -0.39 is 12.1 Å². The Morgan fingerprint density at radius 1 is 0.900 bits per heavy atom. The van der Waals surface area contributed by atoms with Crippen molar-refractivity contribution in [3.63, 3.8) is 0 Å². The van der Waals surface area contributed by atoms with E-state index in [0.29, 0.717) is 6.54 Å². The summed E-state index contributed by atoms with van der Waals surface area (Å²) in [4.78, 5) is 28.1. The van der Waals surface area contributed by atoms with Crippen molar-refractivity contribution in [2.75, 3.05) is 16.8 Å². The Morgan fingerprint density at radius 2 is 1.63 bits per heavy atom. The van der Waals surface area contributed by atoms with Crippen molar-refractivity contribution in [1.82, 2.24) is 5.32 Å². The van der Waals surface area contributed by atoms with Crippen LogP contribution in [0.15, 0.2) is 72.8 Å². The summed E-state index contributed by atoms with van der Waals surface area (Å²) in [5, 5.41) is 5.79. The van der Waals surface area contributed by atoms with E-state index >= 15 is 0 Å². The van der Waals surface area contributed by atoms with Crippen LogP contribution in [0.5, 0.6) is 0 Å². The fourth-order valence-corrected chi connectivity index (χ4v) is 3.83. The molecule has 0 spiro atoms. The first kappa shape index (κ1) is 19.7. The van der Waals surface area contributed by atoms with E-state index in [4.69, 9.17) is 0 Å². The van der Waals surface area contributed by atoms with E-state index in [9.17, 15) is 9.59 Å². The molecule has 1 atom stereocenters. The predicted octanol–water partition coefficient (Wildman–Crippen LogP) is 4.76. The molecule has 5 nitrogen and oxygen atoms in total. The van der Waals surface area contributed by atoms with Crippen molar-refractivity contribution in [3.05, 3.63) is 95.1 Å². The predicted molar refractivity (Wildman–Crippen MR) is 120 cm³/mol. The summed E-state index contributed by atoms with van der Waals surface area (Å²) in [6.45, 7) is 4.58. The Kier molecular flexibility index (Phi) is 5.53. The molecule has 3 amide bonds. The van der Waals surface area contributed by atoms with Gasteiger partial charge in [-0.3, -0.25) is 4.79 Å². The van der Waals surface area contributed by atoms with Gasteiger partial charge in [-0.1, -0.05) is 60.7 Å². The molecule has 0 saturated carbocycles. The van der Waals surface area contributed by atoms with Crippen LogP contribution in [0.4, 0.5) is 16.2 Å². The van der Waals surface area contributed by atoms with Gasteiger partial charge in [-0.2, -0.15) is 0 Å². The minimum Gasteiger partial charge on any atom is -0.322 e. The fraction of sp³-hybridized carbons (Fsp3) is 0.200. The van der Waals surface area contributed by atoms with Crippen molar-refractivity contribution < 1.29 is 9.59 Å². The van der Waals surface area contributed by atoms with E-state index in [1.807, 2.05) is 86.6 Å². The number of nitrogens with one attached hydrogen (secondary N) is 2. The molecule has 152 valence electrons. The second kappa shape index (κ2) is 8.41. The molecule has 1 aliphatic heterocycles. The number of carbonyl (C=O) groups excluding carboxylic acids is 2. The molecule has 1 aliphatic rings. The Hall–Kier alpha value is -3.60. The molecule has 2 N–H and O–H groups in total. The summed E-state index contributed by atoms with van der Waals surface area (Å²) in [6, 6.07) is 21.9. The van der Waals surface area contributed by atoms with E-state index in [1.165, 1.54) is 0 Å². The van der Waals surface area contributed by atoms with E-state index in [2.05, 4.69) is 10.6 Å². The van der Waals surface area contributed by atoms with Crippen LogP contribution in [0.2, 0.25) is 0 Å². The quantitative estimate of drug-likeness (QED) is 0.665. The number of fused-ring (bicyclic) bond motifs is 1. The van der Waals surface area contributed by atoms with Crippen molar-refractivity contribution in [2.24, 2.45) is 0 Å². The van der Waals surface area contributed by atoms with Crippen LogP contribution in [0, 0.1) is 13.8 Å². The van der Waals surface area contributed by atoms with Gasteiger partial charge in [0.15, 0.2) is 0 Å². The summed E-state index contributed by atoms with van der Waals surface area (Å²) in [5.41, 5.74) is 5.65. The number of amides is 3. The molecule has 0 fully saturated rings. The highest BCUT2D eigenvalue weighted by atomic mass is 16.2. The molecule has 0 aliphatic carbocycles. The summed E-state index contributed by atoms with van der Waals surface area (Å²) in [6.07, 6.45) is 0.818. The summed E-state index contributed by atoms with van der Waals surface area (Å²) in [7, 11) is 0. The maximum Gasteiger partial charge on any atom is 0.320 e. The van der Waals surface area contributed by atoms with Gasteiger partial charge >= 0.3 is 6.03 Å². The largest absolute Gasteiger partial charge is 0.322 e. The van der Waals surface area contributed by atoms with Gasteiger partial charge in [0.2, 0.25) is 0 Å². The molecule has 5 heteroatoms. The van der Waals surface area contributed by atoms with Crippen molar-refractivity contribution >= 4 is 23.3 Å². The molecule has 1 heterocycles. The first-order chi connectivity index (χ1) is 14.5. The standard InChI is InChI=1S/C25H25N3O2/c1-17-9-8-13-21(18(17)2)26-25(30)27-23(20-11-4-3-5-12-20)24(29)28-16-15-19-10-6-7-14-22(19)28/h3-14,23H,15-16H2,1-2H3,(H2,26,27,30)/t23-/m1/s1. The number of para-hydroxylation sites is 1. The number of urea groups is 1. The number of hydrogen-bond donors (Lipinski definition) is 2. The van der Waals surface area contributed by atoms with E-state index in [1.54, 1.807) is 4.90 Å². The van der Waals surface area contributed by atoms with Crippen LogP contribution in [0.3, 0.4) is 0 Å².